The van der Waals surface area contributed by atoms with E-state index >= 15 is 0 Å². The van der Waals surface area contributed by atoms with E-state index < -0.39 is 0 Å². The lowest BCUT2D eigenvalue weighted by molar-refractivity contribution is -0.118. The van der Waals surface area contributed by atoms with Gasteiger partial charge in [0.15, 0.2) is 5.16 Å². The SMILES string of the molecule is CCCC[C@H](CC)CNC(=O)CSc1nc2ccccc2[nH]1. The molecule has 0 saturated heterocycles. The number of rotatable bonds is 9. The Morgan fingerprint density at radius 3 is 2.91 bits per heavy atom. The minimum absolute atomic E-state index is 0.0837. The predicted octanol–water partition coefficient (Wildman–Crippen LogP) is 3.99. The number of benzene rings is 1. The third kappa shape index (κ3) is 5.05. The number of hydrogen-bond donors (Lipinski definition) is 2. The number of fused-ring (bicyclic) bond motifs is 1. The molecule has 4 nitrogen and oxygen atoms in total. The van der Waals surface area contributed by atoms with E-state index in [-0.39, 0.29) is 5.91 Å². The number of hydrogen-bond acceptors (Lipinski definition) is 3. The molecule has 0 aliphatic heterocycles. The summed E-state index contributed by atoms with van der Waals surface area (Å²) in [7, 11) is 0. The van der Waals surface area contributed by atoms with Crippen LogP contribution in [0.1, 0.15) is 39.5 Å². The fraction of sp³-hybridized carbons (Fsp3) is 0.529. The summed E-state index contributed by atoms with van der Waals surface area (Å²) in [5.74, 6) is 1.09. The van der Waals surface area contributed by atoms with E-state index in [1.165, 1.54) is 31.0 Å². The van der Waals surface area contributed by atoms with Crippen LogP contribution in [0.2, 0.25) is 0 Å². The number of H-pyrrole nitrogens is 1. The summed E-state index contributed by atoms with van der Waals surface area (Å²) < 4.78 is 0. The first-order valence-electron chi connectivity index (χ1n) is 8.07. The Kier molecular flexibility index (Phi) is 6.77. The lowest BCUT2D eigenvalue weighted by Gasteiger charge is -2.14. The number of carbonyl (C=O) groups excluding carboxylic acids is 1. The average Bonchev–Trinajstić information content (AvgIpc) is 2.96. The standard InChI is InChI=1S/C17H25N3OS/c1-3-5-8-13(4-2)11-18-16(21)12-22-17-19-14-9-6-7-10-15(14)20-17/h6-7,9-10,13H,3-5,8,11-12H2,1-2H3,(H,18,21)(H,19,20)/t13-/m0/s1. The zero-order chi connectivity index (χ0) is 15.8. The van der Waals surface area contributed by atoms with E-state index in [9.17, 15) is 4.79 Å². The molecule has 2 rings (SSSR count). The molecular formula is C17H25N3OS. The molecule has 2 N–H and O–H groups in total. The Morgan fingerprint density at radius 2 is 2.18 bits per heavy atom. The Bertz CT molecular complexity index is 563. The second-order valence-corrected chi connectivity index (χ2v) is 6.53. The highest BCUT2D eigenvalue weighted by molar-refractivity contribution is 7.99. The molecule has 0 bridgehead atoms. The van der Waals surface area contributed by atoms with Crippen molar-refractivity contribution in [2.24, 2.45) is 5.92 Å². The Balaban J connectivity index is 1.75. The molecule has 0 aliphatic rings. The molecule has 1 heterocycles. The summed E-state index contributed by atoms with van der Waals surface area (Å²) in [4.78, 5) is 19.6. The third-order valence-electron chi connectivity index (χ3n) is 3.84. The van der Waals surface area contributed by atoms with Crippen molar-refractivity contribution >= 4 is 28.7 Å². The van der Waals surface area contributed by atoms with Gasteiger partial charge in [-0.05, 0) is 24.5 Å². The van der Waals surface area contributed by atoms with Crippen LogP contribution in [0.5, 0.6) is 0 Å². The molecule has 22 heavy (non-hydrogen) atoms. The first kappa shape index (κ1) is 16.9. The molecule has 120 valence electrons. The van der Waals surface area contributed by atoms with Gasteiger partial charge in [-0.25, -0.2) is 4.98 Å². The Morgan fingerprint density at radius 1 is 1.36 bits per heavy atom. The fourth-order valence-corrected chi connectivity index (χ4v) is 3.10. The first-order chi connectivity index (χ1) is 10.7. The molecule has 5 heteroatoms. The highest BCUT2D eigenvalue weighted by Gasteiger charge is 2.10. The summed E-state index contributed by atoms with van der Waals surface area (Å²) in [5, 5.41) is 3.85. The van der Waals surface area contributed by atoms with Crippen molar-refractivity contribution < 1.29 is 4.79 Å². The number of para-hydroxylation sites is 2. The van der Waals surface area contributed by atoms with Gasteiger partial charge in [-0.1, -0.05) is 57.0 Å². The molecule has 1 aromatic heterocycles. The number of aromatic amines is 1. The largest absolute Gasteiger partial charge is 0.355 e. The van der Waals surface area contributed by atoms with Gasteiger partial charge < -0.3 is 10.3 Å². The highest BCUT2D eigenvalue weighted by Crippen LogP contribution is 2.19. The van der Waals surface area contributed by atoms with Gasteiger partial charge in [0.25, 0.3) is 0 Å². The Labute approximate surface area is 136 Å². The van der Waals surface area contributed by atoms with Gasteiger partial charge in [0.2, 0.25) is 5.91 Å². The zero-order valence-electron chi connectivity index (χ0n) is 13.4. The number of nitrogens with zero attached hydrogens (tertiary/aromatic N) is 1. The molecule has 0 aliphatic carbocycles. The minimum Gasteiger partial charge on any atom is -0.355 e. The van der Waals surface area contributed by atoms with Crippen molar-refractivity contribution in [2.45, 2.75) is 44.7 Å². The van der Waals surface area contributed by atoms with E-state index in [4.69, 9.17) is 0 Å². The van der Waals surface area contributed by atoms with Gasteiger partial charge in [-0.3, -0.25) is 4.79 Å². The van der Waals surface area contributed by atoms with Crippen LogP contribution in [0.3, 0.4) is 0 Å². The molecule has 0 fully saturated rings. The van der Waals surface area contributed by atoms with Crippen LogP contribution in [0, 0.1) is 5.92 Å². The van der Waals surface area contributed by atoms with Crippen molar-refractivity contribution in [1.29, 1.82) is 0 Å². The van der Waals surface area contributed by atoms with Crippen LogP contribution in [0.4, 0.5) is 0 Å². The lowest BCUT2D eigenvalue weighted by atomic mass is 9.99. The van der Waals surface area contributed by atoms with Crippen LogP contribution in [-0.4, -0.2) is 28.2 Å². The molecule has 1 atom stereocenters. The monoisotopic (exact) mass is 319 g/mol. The summed E-state index contributed by atoms with van der Waals surface area (Å²) in [6.07, 6.45) is 4.77. The number of carbonyl (C=O) groups is 1. The predicted molar refractivity (Wildman–Crippen MR) is 93.1 cm³/mol. The van der Waals surface area contributed by atoms with Crippen LogP contribution in [0.15, 0.2) is 29.4 Å². The molecule has 0 spiro atoms. The van der Waals surface area contributed by atoms with E-state index in [0.717, 1.165) is 29.2 Å². The smallest absolute Gasteiger partial charge is 0.230 e. The highest BCUT2D eigenvalue weighted by atomic mass is 32.2. The van der Waals surface area contributed by atoms with Gasteiger partial charge in [0.05, 0.1) is 16.8 Å². The van der Waals surface area contributed by atoms with Crippen LogP contribution in [0.25, 0.3) is 11.0 Å². The first-order valence-corrected chi connectivity index (χ1v) is 9.05. The molecule has 0 radical (unpaired) electrons. The third-order valence-corrected chi connectivity index (χ3v) is 4.71. The summed E-state index contributed by atoms with van der Waals surface area (Å²) in [5.41, 5.74) is 1.95. The minimum atomic E-state index is 0.0837. The number of amides is 1. The lowest BCUT2D eigenvalue weighted by Crippen LogP contribution is -2.30. The van der Waals surface area contributed by atoms with Gasteiger partial charge in [-0.15, -0.1) is 0 Å². The topological polar surface area (TPSA) is 57.8 Å². The van der Waals surface area contributed by atoms with E-state index in [0.29, 0.717) is 11.7 Å². The Hall–Kier alpha value is -1.49. The normalized spacial score (nSPS) is 12.5. The molecule has 1 aromatic carbocycles. The van der Waals surface area contributed by atoms with Crippen molar-refractivity contribution in [1.82, 2.24) is 15.3 Å². The molecule has 0 unspecified atom stereocenters. The van der Waals surface area contributed by atoms with Gasteiger partial charge >= 0.3 is 0 Å². The van der Waals surface area contributed by atoms with Gasteiger partial charge in [0, 0.05) is 6.54 Å². The number of imidazole rings is 1. The maximum Gasteiger partial charge on any atom is 0.230 e. The van der Waals surface area contributed by atoms with Crippen LogP contribution in [-0.2, 0) is 4.79 Å². The van der Waals surface area contributed by atoms with Crippen molar-refractivity contribution in [2.75, 3.05) is 12.3 Å². The van der Waals surface area contributed by atoms with Crippen molar-refractivity contribution in [3.8, 4) is 0 Å². The summed E-state index contributed by atoms with van der Waals surface area (Å²) >= 11 is 1.45. The number of nitrogens with one attached hydrogen (secondary N) is 2. The zero-order valence-corrected chi connectivity index (χ0v) is 14.2. The summed E-state index contributed by atoms with van der Waals surface area (Å²) in [6, 6.07) is 7.90. The maximum absolute atomic E-state index is 12.0. The fourth-order valence-electron chi connectivity index (χ4n) is 2.38. The van der Waals surface area contributed by atoms with Crippen LogP contribution >= 0.6 is 11.8 Å². The maximum atomic E-state index is 12.0. The number of aromatic nitrogens is 2. The van der Waals surface area contributed by atoms with Crippen molar-refractivity contribution in [3.05, 3.63) is 24.3 Å². The molecular weight excluding hydrogens is 294 g/mol. The van der Waals surface area contributed by atoms with Gasteiger partial charge in [0.1, 0.15) is 0 Å². The molecule has 1 amide bonds. The van der Waals surface area contributed by atoms with Gasteiger partial charge in [-0.2, -0.15) is 0 Å². The van der Waals surface area contributed by atoms with E-state index in [1.54, 1.807) is 0 Å². The van der Waals surface area contributed by atoms with Crippen molar-refractivity contribution in [3.63, 3.8) is 0 Å². The molecule has 2 aromatic rings. The molecule has 0 saturated carbocycles. The van der Waals surface area contributed by atoms with Crippen LogP contribution < -0.4 is 5.32 Å². The number of unbranched alkanes of at least 4 members (excludes halogenated alkanes) is 1. The number of thioether (sulfide) groups is 1. The second kappa shape index (κ2) is 8.83. The van der Waals surface area contributed by atoms with E-state index in [1.807, 2.05) is 24.3 Å². The quantitative estimate of drug-likeness (QED) is 0.687. The van der Waals surface area contributed by atoms with E-state index in [2.05, 4.69) is 29.1 Å². The second-order valence-electron chi connectivity index (χ2n) is 5.57. The average molecular weight is 319 g/mol. The summed E-state index contributed by atoms with van der Waals surface area (Å²) in [6.45, 7) is 5.18.